The van der Waals surface area contributed by atoms with Crippen LogP contribution in [0.15, 0.2) is 29.2 Å². The number of benzene rings is 1. The third kappa shape index (κ3) is 2.75. The quantitative estimate of drug-likeness (QED) is 0.849. The Morgan fingerprint density at radius 3 is 2.36 bits per heavy atom. The van der Waals surface area contributed by atoms with E-state index in [9.17, 15) is 21.6 Å². The lowest BCUT2D eigenvalue weighted by Gasteiger charge is -2.38. The van der Waals surface area contributed by atoms with E-state index in [1.807, 2.05) is 0 Å². The smallest absolute Gasteiger partial charge is 0.382 e. The van der Waals surface area contributed by atoms with Crippen molar-refractivity contribution < 1.29 is 26.3 Å². The fourth-order valence-corrected chi connectivity index (χ4v) is 4.60. The van der Waals surface area contributed by atoms with Gasteiger partial charge in [0, 0.05) is 13.7 Å². The van der Waals surface area contributed by atoms with E-state index in [0.29, 0.717) is 4.31 Å². The predicted molar refractivity (Wildman–Crippen MR) is 75.0 cm³/mol. The molecule has 1 aliphatic heterocycles. The number of halogens is 3. The van der Waals surface area contributed by atoms with E-state index in [4.69, 9.17) is 4.74 Å². The third-order valence-electron chi connectivity index (χ3n) is 3.95. The van der Waals surface area contributed by atoms with Gasteiger partial charge in [-0.15, -0.1) is 0 Å². The van der Waals surface area contributed by atoms with Crippen molar-refractivity contribution >= 4 is 10.0 Å². The van der Waals surface area contributed by atoms with Gasteiger partial charge < -0.3 is 4.74 Å². The van der Waals surface area contributed by atoms with Crippen LogP contribution < -0.4 is 0 Å². The average molecular weight is 337 g/mol. The van der Waals surface area contributed by atoms with Gasteiger partial charge in [0.2, 0.25) is 10.0 Å². The molecule has 1 aromatic rings. The molecule has 1 heterocycles. The van der Waals surface area contributed by atoms with Crippen LogP contribution in [-0.2, 0) is 14.8 Å². The maximum absolute atomic E-state index is 13.6. The van der Waals surface area contributed by atoms with Gasteiger partial charge in [-0.3, -0.25) is 0 Å². The minimum absolute atomic E-state index is 0.135. The van der Waals surface area contributed by atoms with Crippen LogP contribution in [0.2, 0.25) is 0 Å². The molecular weight excluding hydrogens is 319 g/mol. The van der Waals surface area contributed by atoms with Crippen LogP contribution in [0.1, 0.15) is 18.4 Å². The molecule has 2 rings (SSSR count). The summed E-state index contributed by atoms with van der Waals surface area (Å²) >= 11 is 0. The Labute approximate surface area is 127 Å². The van der Waals surface area contributed by atoms with Crippen LogP contribution in [0, 0.1) is 6.92 Å². The van der Waals surface area contributed by atoms with Crippen molar-refractivity contribution in [3.63, 3.8) is 0 Å². The highest BCUT2D eigenvalue weighted by molar-refractivity contribution is 7.89. The molecule has 1 unspecified atom stereocenters. The minimum atomic E-state index is -4.70. The van der Waals surface area contributed by atoms with Crippen LogP contribution in [0.3, 0.4) is 0 Å². The molecule has 0 radical (unpaired) electrons. The van der Waals surface area contributed by atoms with Crippen LogP contribution in [-0.4, -0.2) is 44.7 Å². The second kappa shape index (κ2) is 5.82. The number of hydrogen-bond donors (Lipinski definition) is 0. The first-order chi connectivity index (χ1) is 10.1. The lowest BCUT2D eigenvalue weighted by Crippen LogP contribution is -2.59. The molecule has 1 aromatic carbocycles. The van der Waals surface area contributed by atoms with E-state index in [1.54, 1.807) is 19.1 Å². The van der Waals surface area contributed by atoms with Crippen molar-refractivity contribution in [2.24, 2.45) is 0 Å². The molecule has 1 saturated heterocycles. The van der Waals surface area contributed by atoms with Crippen LogP contribution in [0.25, 0.3) is 0 Å². The van der Waals surface area contributed by atoms with Gasteiger partial charge in [-0.1, -0.05) is 17.7 Å². The lowest BCUT2D eigenvalue weighted by molar-refractivity contribution is -0.222. The fourth-order valence-electron chi connectivity index (χ4n) is 2.79. The Morgan fingerprint density at radius 2 is 1.86 bits per heavy atom. The van der Waals surface area contributed by atoms with Crippen molar-refractivity contribution in [1.29, 1.82) is 0 Å². The number of sulfonamides is 1. The van der Waals surface area contributed by atoms with Crippen molar-refractivity contribution in [2.45, 2.75) is 36.4 Å². The van der Waals surface area contributed by atoms with Crippen molar-refractivity contribution in [3.8, 4) is 0 Å². The molecule has 0 bridgehead atoms. The predicted octanol–water partition coefficient (Wildman–Crippen LogP) is 2.73. The van der Waals surface area contributed by atoms with Gasteiger partial charge in [-0.25, -0.2) is 8.42 Å². The van der Waals surface area contributed by atoms with Gasteiger partial charge >= 0.3 is 6.18 Å². The van der Waals surface area contributed by atoms with Gasteiger partial charge in [0.05, 0.1) is 11.5 Å². The first kappa shape index (κ1) is 17.2. The third-order valence-corrected chi connectivity index (χ3v) is 5.93. The summed E-state index contributed by atoms with van der Waals surface area (Å²) in [6.45, 7) is 0.901. The zero-order valence-corrected chi connectivity index (χ0v) is 13.2. The van der Waals surface area contributed by atoms with Crippen LogP contribution in [0.5, 0.6) is 0 Å². The molecular formula is C14H18F3NO3S. The largest absolute Gasteiger partial charge is 0.410 e. The molecule has 124 valence electrons. The molecule has 1 atom stereocenters. The van der Waals surface area contributed by atoms with E-state index in [0.717, 1.165) is 12.7 Å². The number of ether oxygens (including phenoxy) is 1. The summed E-state index contributed by atoms with van der Waals surface area (Å²) in [5, 5.41) is 0. The maximum Gasteiger partial charge on any atom is 0.410 e. The lowest BCUT2D eigenvalue weighted by atomic mass is 9.98. The van der Waals surface area contributed by atoms with Gasteiger partial charge in [-0.05, 0) is 31.9 Å². The number of nitrogens with zero attached hydrogens (tertiary/aromatic N) is 1. The highest BCUT2D eigenvalue weighted by Crippen LogP contribution is 2.46. The molecule has 1 fully saturated rings. The number of aryl methyl sites for hydroxylation is 1. The van der Waals surface area contributed by atoms with Gasteiger partial charge in [0.15, 0.2) is 5.54 Å². The first-order valence-electron chi connectivity index (χ1n) is 6.80. The topological polar surface area (TPSA) is 46.6 Å². The number of hydrogen-bond acceptors (Lipinski definition) is 3. The first-order valence-corrected chi connectivity index (χ1v) is 8.24. The molecule has 0 saturated carbocycles. The van der Waals surface area contributed by atoms with Crippen LogP contribution in [0.4, 0.5) is 13.2 Å². The van der Waals surface area contributed by atoms with Crippen LogP contribution >= 0.6 is 0 Å². The molecule has 4 nitrogen and oxygen atoms in total. The van der Waals surface area contributed by atoms with E-state index < -0.39 is 28.3 Å². The Morgan fingerprint density at radius 1 is 1.27 bits per heavy atom. The highest BCUT2D eigenvalue weighted by atomic mass is 32.2. The minimum Gasteiger partial charge on any atom is -0.382 e. The summed E-state index contributed by atoms with van der Waals surface area (Å²) in [6.07, 6.45) is -4.85. The zero-order chi connectivity index (χ0) is 16.6. The monoisotopic (exact) mass is 337 g/mol. The highest BCUT2D eigenvalue weighted by Gasteiger charge is 2.64. The number of methoxy groups -OCH3 is 1. The molecule has 0 amide bonds. The normalized spacial score (nSPS) is 23.9. The summed E-state index contributed by atoms with van der Waals surface area (Å²) < 4.78 is 71.3. The Bertz CT molecular complexity index is 628. The average Bonchev–Trinajstić information content (AvgIpc) is 2.85. The maximum atomic E-state index is 13.6. The van der Waals surface area contributed by atoms with Gasteiger partial charge in [-0.2, -0.15) is 17.5 Å². The van der Waals surface area contributed by atoms with Crippen molar-refractivity contribution in [1.82, 2.24) is 4.31 Å². The van der Waals surface area contributed by atoms with Crippen molar-refractivity contribution in [3.05, 3.63) is 29.8 Å². The summed E-state index contributed by atoms with van der Waals surface area (Å²) in [5.41, 5.74) is -1.66. The molecule has 0 aliphatic carbocycles. The van der Waals surface area contributed by atoms with Gasteiger partial charge in [0.25, 0.3) is 0 Å². The summed E-state index contributed by atoms with van der Waals surface area (Å²) in [4.78, 5) is -0.135. The van der Waals surface area contributed by atoms with E-state index >= 15 is 0 Å². The fraction of sp³-hybridized carbons (Fsp3) is 0.571. The molecule has 0 N–H and O–H groups in total. The van der Waals surface area contributed by atoms with Gasteiger partial charge in [0.1, 0.15) is 0 Å². The Balaban J connectivity index is 2.50. The Hall–Kier alpha value is -1.12. The molecule has 0 aromatic heterocycles. The molecule has 8 heteroatoms. The molecule has 0 spiro atoms. The van der Waals surface area contributed by atoms with Crippen molar-refractivity contribution in [2.75, 3.05) is 20.3 Å². The standard InChI is InChI=1S/C14H18F3NO3S/c1-11-4-6-12(7-5-11)22(19,20)18-9-3-8-13(18,10-21-2)14(15,16)17/h4-7H,3,8-10H2,1-2H3. The Kier molecular flexibility index (Phi) is 4.56. The summed E-state index contributed by atoms with van der Waals surface area (Å²) in [6, 6.07) is 5.79. The second-order valence-corrected chi connectivity index (χ2v) is 7.32. The van der Waals surface area contributed by atoms with E-state index in [-0.39, 0.29) is 24.3 Å². The van der Waals surface area contributed by atoms with E-state index in [2.05, 4.69) is 0 Å². The molecule has 22 heavy (non-hydrogen) atoms. The number of alkyl halides is 3. The SMILES string of the molecule is COCC1(C(F)(F)F)CCCN1S(=O)(=O)c1ccc(C)cc1. The summed E-state index contributed by atoms with van der Waals surface area (Å²) in [5.74, 6) is 0. The zero-order valence-electron chi connectivity index (χ0n) is 12.4. The second-order valence-electron chi connectivity index (χ2n) is 5.46. The summed E-state index contributed by atoms with van der Waals surface area (Å²) in [7, 11) is -3.09. The number of rotatable bonds is 4. The van der Waals surface area contributed by atoms with E-state index in [1.165, 1.54) is 12.1 Å². The molecule has 1 aliphatic rings.